The molecule has 5 heterocycles. The van der Waals surface area contributed by atoms with Crippen molar-refractivity contribution in [3.63, 3.8) is 0 Å². The number of carbonyl (C=O) groups excluding carboxylic acids is 1. The predicted molar refractivity (Wildman–Crippen MR) is 135 cm³/mol. The zero-order valence-electron chi connectivity index (χ0n) is 19.8. The van der Waals surface area contributed by atoms with Gasteiger partial charge in [0, 0.05) is 53.6 Å². The van der Waals surface area contributed by atoms with Gasteiger partial charge in [-0.3, -0.25) is 9.69 Å². The fourth-order valence-electron chi connectivity index (χ4n) is 8.50. The van der Waals surface area contributed by atoms with Gasteiger partial charge in [-0.05, 0) is 66.8 Å². The zero-order valence-corrected chi connectivity index (χ0v) is 19.8. The van der Waals surface area contributed by atoms with E-state index in [1.165, 1.54) is 23.3 Å². The van der Waals surface area contributed by atoms with Crippen molar-refractivity contribution in [3.05, 3.63) is 81.9 Å². The van der Waals surface area contributed by atoms with E-state index in [2.05, 4.69) is 33.3 Å². The van der Waals surface area contributed by atoms with E-state index in [9.17, 15) is 15.2 Å². The molecule has 3 saturated heterocycles. The molecule has 1 amide bonds. The Kier molecular flexibility index (Phi) is 4.11. The number of anilines is 2. The molecule has 0 aromatic heterocycles. The fraction of sp³-hybridized carbons (Fsp3) is 0.429. The van der Waals surface area contributed by atoms with Crippen LogP contribution in [0.1, 0.15) is 24.8 Å². The van der Waals surface area contributed by atoms with E-state index < -0.39 is 0 Å². The third-order valence-electron chi connectivity index (χ3n) is 9.82. The van der Waals surface area contributed by atoms with Crippen LogP contribution < -0.4 is 10.2 Å². The smallest absolute Gasteiger partial charge is 0.229 e. The first-order chi connectivity index (χ1) is 17.5. The number of benzene rings is 1. The lowest BCUT2D eigenvalue weighted by atomic mass is 9.53. The molecule has 8 rings (SSSR count). The van der Waals surface area contributed by atoms with E-state index in [-0.39, 0.29) is 34.1 Å². The minimum absolute atomic E-state index is 0.00449. The minimum Gasteiger partial charge on any atom is -0.612 e. The Bertz CT molecular complexity index is 1340. The summed E-state index contributed by atoms with van der Waals surface area (Å²) in [5.41, 5.74) is 5.76. The molecule has 8 nitrogen and oxygen atoms in total. The van der Waals surface area contributed by atoms with E-state index >= 15 is 0 Å². The molecule has 7 aliphatic rings. The van der Waals surface area contributed by atoms with E-state index in [4.69, 9.17) is 4.74 Å². The summed E-state index contributed by atoms with van der Waals surface area (Å²) in [6, 6.07) is 7.02. The molecule has 8 heteroatoms. The molecule has 1 spiro atoms. The van der Waals surface area contributed by atoms with Gasteiger partial charge in [-0.15, -0.1) is 0 Å². The number of hydrogen-bond donors (Lipinski definition) is 1. The van der Waals surface area contributed by atoms with E-state index in [1.807, 2.05) is 12.3 Å². The highest BCUT2D eigenvalue weighted by Gasteiger charge is 2.71. The van der Waals surface area contributed by atoms with Crippen LogP contribution in [0.5, 0.6) is 0 Å². The molecule has 1 N–H and O–H groups in total. The maximum Gasteiger partial charge on any atom is 0.229 e. The quantitative estimate of drug-likeness (QED) is 0.395. The molecule has 2 aliphatic carbocycles. The van der Waals surface area contributed by atoms with Crippen molar-refractivity contribution in [2.24, 2.45) is 11.8 Å². The van der Waals surface area contributed by atoms with Crippen molar-refractivity contribution in [1.29, 1.82) is 0 Å². The van der Waals surface area contributed by atoms with Gasteiger partial charge in [0.15, 0.2) is 0 Å². The predicted octanol–water partition coefficient (Wildman–Crippen LogP) is 2.96. The standard InChI is InChI=1S/C28H27N4O4/c33-25-13-23-26-20-12-24-28(8-9-30(24)15-17(20)7-10-36-23)21-11-18(3-6-22(21)31(25)27(26)28)29-14-16-1-4-19(5-2-16)32(34)35/h1-7,11,14,20,23-24,26-27,29H,8-10,12-13,15H2/q-1/t20-,23-,24-,26-,27-,28+/m0/s1. The van der Waals surface area contributed by atoms with Crippen molar-refractivity contribution in [1.82, 2.24) is 4.90 Å². The van der Waals surface area contributed by atoms with Crippen LogP contribution in [0.2, 0.25) is 0 Å². The van der Waals surface area contributed by atoms with Crippen LogP contribution in [0, 0.1) is 22.3 Å². The maximum atomic E-state index is 13.6. The molecule has 1 aromatic rings. The van der Waals surface area contributed by atoms with Crippen LogP contribution in [0.3, 0.4) is 0 Å². The highest BCUT2D eigenvalue weighted by molar-refractivity contribution is 6.02. The summed E-state index contributed by atoms with van der Waals surface area (Å²) in [7, 11) is 0. The van der Waals surface area contributed by atoms with Crippen molar-refractivity contribution in [3.8, 4) is 0 Å². The Balaban J connectivity index is 1.21. The van der Waals surface area contributed by atoms with Crippen molar-refractivity contribution in [2.45, 2.75) is 42.9 Å². The van der Waals surface area contributed by atoms with Gasteiger partial charge >= 0.3 is 0 Å². The summed E-state index contributed by atoms with van der Waals surface area (Å²) in [6.07, 6.45) is 13.4. The van der Waals surface area contributed by atoms with Gasteiger partial charge in [0.2, 0.25) is 11.6 Å². The average Bonchev–Trinajstić information content (AvgIpc) is 3.35. The summed E-state index contributed by atoms with van der Waals surface area (Å²) in [5.74, 6) is 1.05. The van der Waals surface area contributed by atoms with Gasteiger partial charge in [0.05, 0.1) is 25.2 Å². The van der Waals surface area contributed by atoms with Crippen LogP contribution >= 0.6 is 0 Å². The lowest BCUT2D eigenvalue weighted by Crippen LogP contribution is -2.69. The first-order valence-electron chi connectivity index (χ1n) is 12.9. The third-order valence-corrected chi connectivity index (χ3v) is 9.82. The van der Waals surface area contributed by atoms with Crippen LogP contribution in [0.15, 0.2) is 65.9 Å². The number of nitrogens with zero attached hydrogens (tertiary/aromatic N) is 3. The molecule has 0 unspecified atom stereocenters. The summed E-state index contributed by atoms with van der Waals surface area (Å²) in [4.78, 5) is 18.0. The topological polar surface area (TPSA) is 93.9 Å². The Morgan fingerprint density at radius 1 is 1.19 bits per heavy atom. The number of allylic oxidation sites excluding steroid dienone is 5. The van der Waals surface area contributed by atoms with E-state index in [1.54, 1.807) is 12.2 Å². The van der Waals surface area contributed by atoms with Gasteiger partial charge < -0.3 is 25.4 Å². The average molecular weight is 484 g/mol. The first-order valence-corrected chi connectivity index (χ1v) is 12.9. The highest BCUT2D eigenvalue weighted by Crippen LogP contribution is 2.65. The molecular weight excluding hydrogens is 456 g/mol. The lowest BCUT2D eigenvalue weighted by molar-refractivity contribution is -0.377. The van der Waals surface area contributed by atoms with Crippen molar-refractivity contribution in [2.75, 3.05) is 29.9 Å². The lowest BCUT2D eigenvalue weighted by Gasteiger charge is -2.58. The van der Waals surface area contributed by atoms with Gasteiger partial charge in [0.25, 0.3) is 0 Å². The van der Waals surface area contributed by atoms with Crippen molar-refractivity contribution < 1.29 is 14.4 Å². The number of fused-ring (bicyclic) bond motifs is 2. The molecule has 4 fully saturated rings. The van der Waals surface area contributed by atoms with E-state index in [0.29, 0.717) is 30.9 Å². The minimum atomic E-state index is -0.388. The Labute approximate surface area is 209 Å². The normalized spacial score (nSPS) is 37.0. The molecule has 0 radical (unpaired) electrons. The van der Waals surface area contributed by atoms with Crippen molar-refractivity contribution >= 4 is 23.0 Å². The van der Waals surface area contributed by atoms with Gasteiger partial charge in [-0.25, -0.2) is 0 Å². The van der Waals surface area contributed by atoms with Crippen LogP contribution in [-0.4, -0.2) is 59.3 Å². The number of carbonyl (C=O) groups is 1. The number of amides is 1. The number of hydrogen-bond acceptors (Lipinski definition) is 6. The second kappa shape index (κ2) is 7.11. The second-order valence-corrected chi connectivity index (χ2v) is 11.1. The van der Waals surface area contributed by atoms with Crippen LogP contribution in [0.25, 0.3) is 0 Å². The highest BCUT2D eigenvalue weighted by atomic mass is 16.8. The van der Waals surface area contributed by atoms with Crippen LogP contribution in [-0.2, 0) is 14.9 Å². The molecule has 36 heavy (non-hydrogen) atoms. The summed E-state index contributed by atoms with van der Waals surface area (Å²) < 4.78 is 6.32. The summed E-state index contributed by atoms with van der Waals surface area (Å²) in [6.45, 7) is 2.72. The molecule has 184 valence electrons. The third kappa shape index (κ3) is 2.56. The number of piperidine rings is 2. The Hall–Kier alpha value is -3.36. The molecule has 1 saturated carbocycles. The zero-order chi connectivity index (χ0) is 24.2. The summed E-state index contributed by atoms with van der Waals surface area (Å²) in [5, 5.41) is 25.3. The largest absolute Gasteiger partial charge is 0.612 e. The maximum absolute atomic E-state index is 13.6. The molecule has 2 bridgehead atoms. The monoisotopic (exact) mass is 483 g/mol. The number of ether oxygens (including phenoxy) is 1. The molecule has 5 aliphatic heterocycles. The van der Waals surface area contributed by atoms with Gasteiger partial charge in [0.1, 0.15) is 0 Å². The number of rotatable bonds is 2. The Morgan fingerprint density at radius 3 is 2.89 bits per heavy atom. The van der Waals surface area contributed by atoms with Gasteiger partial charge in [-0.1, -0.05) is 11.6 Å². The first kappa shape index (κ1) is 20.8. The number of nitrogens with one attached hydrogen (secondary N) is 1. The molecular formula is C28H27N4O4-. The molecule has 1 aromatic carbocycles. The Morgan fingerprint density at radius 2 is 2.06 bits per heavy atom. The van der Waals surface area contributed by atoms with Gasteiger partial charge in [-0.2, -0.15) is 4.90 Å². The second-order valence-electron chi connectivity index (χ2n) is 11.1. The summed E-state index contributed by atoms with van der Waals surface area (Å²) >= 11 is 0. The van der Waals surface area contributed by atoms with E-state index in [0.717, 1.165) is 42.9 Å². The fourth-order valence-corrected chi connectivity index (χ4v) is 8.50. The molecule has 6 atom stereocenters. The van der Waals surface area contributed by atoms with Crippen LogP contribution in [0.4, 0.5) is 11.4 Å². The SMILES string of the molecule is O=C1C[C@@H]2OCC=C3CN4CC[C@]56c7cc(NC=C8C=CC(=[N+]([O-])[O-])C=C8)ccc7N1[C@H]5[C@H]2[C@H]3C[C@H]46.